The van der Waals surface area contributed by atoms with Crippen LogP contribution < -0.4 is 10.2 Å². The Hall–Kier alpha value is -1.91. The smallest absolute Gasteiger partial charge is 0.0572 e. The topological polar surface area (TPSA) is 31.4 Å². The lowest BCUT2D eigenvalue weighted by Gasteiger charge is -2.37. The van der Waals surface area contributed by atoms with Crippen molar-refractivity contribution in [2.24, 2.45) is 5.92 Å². The van der Waals surface area contributed by atoms with E-state index in [0.29, 0.717) is 6.04 Å². The number of nitrogens with one attached hydrogen (secondary N) is 1. The molecule has 3 heterocycles. The molecule has 1 N–H and O–H groups in total. The summed E-state index contributed by atoms with van der Waals surface area (Å²) in [6.45, 7) is 9.87. The van der Waals surface area contributed by atoms with Crippen molar-refractivity contribution in [1.82, 2.24) is 15.2 Å². The third-order valence-corrected chi connectivity index (χ3v) is 6.47. The minimum Gasteiger partial charge on any atom is -0.371 e. The van der Waals surface area contributed by atoms with Crippen LogP contribution in [0.2, 0.25) is 0 Å². The number of pyridine rings is 1. The molecular weight excluding hydrogens is 344 g/mol. The molecule has 1 saturated heterocycles. The second kappa shape index (κ2) is 8.62. The minimum absolute atomic E-state index is 0.492. The normalized spacial score (nSPS) is 20.4. The maximum atomic E-state index is 4.56. The molecular formula is C24H34N4. The number of aromatic nitrogens is 1. The number of aryl methyl sites for hydroxylation is 1. The molecule has 2 aromatic rings. The molecule has 4 nitrogen and oxygen atoms in total. The summed E-state index contributed by atoms with van der Waals surface area (Å²) in [5, 5.41) is 3.76. The molecule has 0 amide bonds. The summed E-state index contributed by atoms with van der Waals surface area (Å²) >= 11 is 0. The van der Waals surface area contributed by atoms with Crippen molar-refractivity contribution < 1.29 is 0 Å². The number of likely N-dealkylation sites (N-methyl/N-ethyl adjacent to an activating group) is 1. The standard InChI is InChI=1S/C24H34N4/c1-18-9-12-28(13-10-18)24-8-4-7-20-15-26-21(14-22(20)24)16-27(3)17-23-19(2)6-5-11-25-23/h4-8,11,18,21,26H,9-10,12-17H2,1-3H3/t21-/m1/s1. The van der Waals surface area contributed by atoms with E-state index in [2.05, 4.69) is 65.3 Å². The zero-order valence-electron chi connectivity index (χ0n) is 17.6. The molecule has 0 spiro atoms. The van der Waals surface area contributed by atoms with Crippen LogP contribution in [0.3, 0.4) is 0 Å². The lowest BCUT2D eigenvalue weighted by Crippen LogP contribution is -2.44. The lowest BCUT2D eigenvalue weighted by atomic mass is 9.91. The van der Waals surface area contributed by atoms with Crippen molar-refractivity contribution >= 4 is 5.69 Å². The van der Waals surface area contributed by atoms with E-state index in [0.717, 1.165) is 32.0 Å². The summed E-state index contributed by atoms with van der Waals surface area (Å²) in [7, 11) is 2.21. The summed E-state index contributed by atoms with van der Waals surface area (Å²) < 4.78 is 0. The van der Waals surface area contributed by atoms with Gasteiger partial charge in [-0.25, -0.2) is 0 Å². The first-order valence-electron chi connectivity index (χ1n) is 10.8. The molecule has 4 rings (SSSR count). The number of hydrogen-bond donors (Lipinski definition) is 1. The maximum Gasteiger partial charge on any atom is 0.0572 e. The number of hydrogen-bond acceptors (Lipinski definition) is 4. The van der Waals surface area contributed by atoms with E-state index in [4.69, 9.17) is 0 Å². The fourth-order valence-electron chi connectivity index (χ4n) is 4.65. The van der Waals surface area contributed by atoms with Crippen molar-refractivity contribution in [2.45, 2.75) is 52.2 Å². The number of anilines is 1. The molecule has 0 radical (unpaired) electrons. The maximum absolute atomic E-state index is 4.56. The first-order valence-corrected chi connectivity index (χ1v) is 10.8. The van der Waals surface area contributed by atoms with Crippen molar-refractivity contribution in [3.05, 3.63) is 58.9 Å². The van der Waals surface area contributed by atoms with E-state index in [1.165, 1.54) is 48.4 Å². The van der Waals surface area contributed by atoms with E-state index < -0.39 is 0 Å². The monoisotopic (exact) mass is 378 g/mol. The Labute approximate surface area is 170 Å². The Morgan fingerprint density at radius 1 is 1.18 bits per heavy atom. The van der Waals surface area contributed by atoms with Gasteiger partial charge in [-0.05, 0) is 68.0 Å². The molecule has 4 heteroatoms. The van der Waals surface area contributed by atoms with Gasteiger partial charge in [-0.15, -0.1) is 0 Å². The van der Waals surface area contributed by atoms with Crippen LogP contribution in [0.25, 0.3) is 0 Å². The van der Waals surface area contributed by atoms with Crippen molar-refractivity contribution in [1.29, 1.82) is 0 Å². The van der Waals surface area contributed by atoms with Gasteiger partial charge in [0, 0.05) is 50.6 Å². The summed E-state index contributed by atoms with van der Waals surface area (Å²) in [5.74, 6) is 0.869. The molecule has 0 bridgehead atoms. The van der Waals surface area contributed by atoms with Gasteiger partial charge < -0.3 is 10.2 Å². The first-order chi connectivity index (χ1) is 13.6. The van der Waals surface area contributed by atoms with Crippen molar-refractivity contribution in [3.8, 4) is 0 Å². The Kier molecular flexibility index (Phi) is 5.98. The summed E-state index contributed by atoms with van der Waals surface area (Å²) in [6.07, 6.45) is 5.65. The van der Waals surface area contributed by atoms with Crippen LogP contribution in [0.4, 0.5) is 5.69 Å². The van der Waals surface area contributed by atoms with Gasteiger partial charge in [0.2, 0.25) is 0 Å². The van der Waals surface area contributed by atoms with E-state index in [9.17, 15) is 0 Å². The van der Waals surface area contributed by atoms with Gasteiger partial charge in [-0.3, -0.25) is 9.88 Å². The summed E-state index contributed by atoms with van der Waals surface area (Å²) in [6, 6.07) is 11.5. The highest BCUT2D eigenvalue weighted by Gasteiger charge is 2.25. The average Bonchev–Trinajstić information content (AvgIpc) is 2.70. The first kappa shape index (κ1) is 19.4. The van der Waals surface area contributed by atoms with Crippen molar-refractivity contribution in [3.63, 3.8) is 0 Å². The van der Waals surface area contributed by atoms with Crippen LogP contribution in [0.1, 0.15) is 42.1 Å². The second-order valence-corrected chi connectivity index (χ2v) is 8.83. The zero-order valence-corrected chi connectivity index (χ0v) is 17.6. The van der Waals surface area contributed by atoms with Gasteiger partial charge in [0.1, 0.15) is 0 Å². The highest BCUT2D eigenvalue weighted by atomic mass is 15.1. The Balaban J connectivity index is 1.43. The van der Waals surface area contributed by atoms with Gasteiger partial charge in [0.25, 0.3) is 0 Å². The van der Waals surface area contributed by atoms with Crippen molar-refractivity contribution in [2.75, 3.05) is 31.6 Å². The molecule has 1 aromatic carbocycles. The third kappa shape index (κ3) is 4.39. The predicted molar refractivity (Wildman–Crippen MR) is 117 cm³/mol. The van der Waals surface area contributed by atoms with Gasteiger partial charge >= 0.3 is 0 Å². The molecule has 0 saturated carbocycles. The zero-order chi connectivity index (χ0) is 19.5. The highest BCUT2D eigenvalue weighted by Crippen LogP contribution is 2.31. The number of piperidine rings is 1. The molecule has 1 fully saturated rings. The molecule has 0 aliphatic carbocycles. The fraction of sp³-hybridized carbons (Fsp3) is 0.542. The van der Waals surface area contributed by atoms with Crippen LogP contribution in [0.15, 0.2) is 36.5 Å². The molecule has 2 aliphatic heterocycles. The Bertz CT molecular complexity index is 795. The van der Waals surface area contributed by atoms with E-state index >= 15 is 0 Å². The van der Waals surface area contributed by atoms with Gasteiger partial charge in [-0.2, -0.15) is 0 Å². The van der Waals surface area contributed by atoms with E-state index in [-0.39, 0.29) is 0 Å². The number of nitrogens with zero attached hydrogens (tertiary/aromatic N) is 3. The molecule has 28 heavy (non-hydrogen) atoms. The summed E-state index contributed by atoms with van der Waals surface area (Å²) in [4.78, 5) is 9.59. The third-order valence-electron chi connectivity index (χ3n) is 6.47. The second-order valence-electron chi connectivity index (χ2n) is 8.83. The summed E-state index contributed by atoms with van der Waals surface area (Å²) in [5.41, 5.74) is 7.00. The van der Waals surface area contributed by atoms with Crippen LogP contribution in [0.5, 0.6) is 0 Å². The van der Waals surface area contributed by atoms with Crippen LogP contribution >= 0.6 is 0 Å². The predicted octanol–water partition coefficient (Wildman–Crippen LogP) is 3.77. The SMILES string of the molecule is Cc1cccnc1CN(C)C[C@H]1Cc2c(cccc2N2CCC(C)CC2)CN1. The van der Waals surface area contributed by atoms with Crippen LogP contribution in [0, 0.1) is 12.8 Å². The average molecular weight is 379 g/mol. The Morgan fingerprint density at radius 3 is 2.79 bits per heavy atom. The lowest BCUT2D eigenvalue weighted by molar-refractivity contribution is 0.271. The molecule has 0 unspecified atom stereocenters. The van der Waals surface area contributed by atoms with Crippen LogP contribution in [-0.2, 0) is 19.5 Å². The highest BCUT2D eigenvalue weighted by molar-refractivity contribution is 5.58. The molecule has 1 aromatic heterocycles. The largest absolute Gasteiger partial charge is 0.371 e. The fourth-order valence-corrected chi connectivity index (χ4v) is 4.65. The van der Waals surface area contributed by atoms with E-state index in [1.54, 1.807) is 5.56 Å². The van der Waals surface area contributed by atoms with Gasteiger partial charge in [-0.1, -0.05) is 25.1 Å². The number of rotatable bonds is 5. The van der Waals surface area contributed by atoms with E-state index in [1.807, 2.05) is 12.3 Å². The van der Waals surface area contributed by atoms with Gasteiger partial charge in [0.15, 0.2) is 0 Å². The molecule has 150 valence electrons. The molecule has 1 atom stereocenters. The quantitative estimate of drug-likeness (QED) is 0.858. The number of benzene rings is 1. The number of fused-ring (bicyclic) bond motifs is 1. The molecule has 2 aliphatic rings. The van der Waals surface area contributed by atoms with Gasteiger partial charge in [0.05, 0.1) is 5.69 Å². The van der Waals surface area contributed by atoms with Crippen LogP contribution in [-0.4, -0.2) is 42.6 Å². The minimum atomic E-state index is 0.492. The Morgan fingerprint density at radius 2 is 2.00 bits per heavy atom.